The van der Waals surface area contributed by atoms with E-state index >= 15 is 0 Å². The minimum Gasteiger partial charge on any atom is -0.389 e. The van der Waals surface area contributed by atoms with E-state index in [1.165, 1.54) is 20.8 Å². The lowest BCUT2D eigenvalue weighted by atomic mass is 9.60. The summed E-state index contributed by atoms with van der Waals surface area (Å²) in [6.07, 6.45) is -0.173. The average molecular weight is 331 g/mol. The topological polar surface area (TPSA) is 74.7 Å². The highest BCUT2D eigenvalue weighted by atomic mass is 16.3. The number of carbonyl (C=O) groups is 3. The maximum absolute atomic E-state index is 12.5. The van der Waals surface area contributed by atoms with Gasteiger partial charge in [-0.15, -0.1) is 0 Å². The summed E-state index contributed by atoms with van der Waals surface area (Å²) in [5.41, 5.74) is 0.264. The van der Waals surface area contributed by atoms with Gasteiger partial charge in [0.15, 0.2) is 0 Å². The maximum atomic E-state index is 12.5. The van der Waals surface area contributed by atoms with Gasteiger partial charge in [-0.25, -0.2) is 0 Å². The third-order valence-electron chi connectivity index (χ3n) is 4.94. The Kier molecular flexibility index (Phi) is 4.95. The lowest BCUT2D eigenvalue weighted by Crippen LogP contribution is -2.53. The van der Waals surface area contributed by atoms with Crippen LogP contribution in [0.1, 0.15) is 38.7 Å². The summed E-state index contributed by atoms with van der Waals surface area (Å²) in [6, 6.07) is 7.44. The molecule has 0 amide bonds. The molecule has 5 heteroatoms. The molecule has 1 saturated carbocycles. The van der Waals surface area contributed by atoms with Gasteiger partial charge in [0.1, 0.15) is 17.3 Å². The van der Waals surface area contributed by atoms with E-state index in [2.05, 4.69) is 0 Å². The van der Waals surface area contributed by atoms with Crippen molar-refractivity contribution >= 4 is 23.0 Å². The second-order valence-electron chi connectivity index (χ2n) is 7.19. The molecule has 1 aliphatic carbocycles. The number of ketones is 3. The molecule has 0 saturated heterocycles. The molecule has 4 atom stereocenters. The second-order valence-corrected chi connectivity index (χ2v) is 7.19. The molecule has 0 radical (unpaired) electrons. The van der Waals surface area contributed by atoms with E-state index in [-0.39, 0.29) is 23.8 Å². The van der Waals surface area contributed by atoms with Crippen LogP contribution >= 0.6 is 0 Å². The Bertz CT molecular complexity index is 660. The number of rotatable bonds is 4. The molecule has 1 aromatic carbocycles. The molecule has 0 spiro atoms. The number of hydrogen-bond donors (Lipinski definition) is 1. The Morgan fingerprint density at radius 1 is 1.12 bits per heavy atom. The number of aliphatic hydroxyl groups is 1. The zero-order valence-corrected chi connectivity index (χ0v) is 14.9. The van der Waals surface area contributed by atoms with E-state index in [9.17, 15) is 19.5 Å². The number of anilines is 1. The van der Waals surface area contributed by atoms with Gasteiger partial charge in [-0.3, -0.25) is 14.4 Å². The summed E-state index contributed by atoms with van der Waals surface area (Å²) in [4.78, 5) is 38.8. The van der Waals surface area contributed by atoms with Gasteiger partial charge in [-0.2, -0.15) is 0 Å². The number of hydrogen-bond acceptors (Lipinski definition) is 5. The molecule has 5 nitrogen and oxygen atoms in total. The predicted octanol–water partition coefficient (Wildman–Crippen LogP) is 1.97. The predicted molar refractivity (Wildman–Crippen MR) is 92.1 cm³/mol. The van der Waals surface area contributed by atoms with Crippen LogP contribution in [0.25, 0.3) is 0 Å². The van der Waals surface area contributed by atoms with Crippen molar-refractivity contribution in [1.82, 2.24) is 0 Å². The van der Waals surface area contributed by atoms with Gasteiger partial charge in [-0.1, -0.05) is 12.1 Å². The monoisotopic (exact) mass is 331 g/mol. The van der Waals surface area contributed by atoms with Gasteiger partial charge in [0.2, 0.25) is 0 Å². The van der Waals surface area contributed by atoms with Crippen LogP contribution in [0.15, 0.2) is 24.3 Å². The zero-order valence-electron chi connectivity index (χ0n) is 14.9. The Morgan fingerprint density at radius 2 is 1.67 bits per heavy atom. The van der Waals surface area contributed by atoms with E-state index in [0.29, 0.717) is 0 Å². The molecular formula is C19H25NO4. The summed E-state index contributed by atoms with van der Waals surface area (Å²) < 4.78 is 0. The Balaban J connectivity index is 2.58. The molecule has 0 unspecified atom stereocenters. The highest BCUT2D eigenvalue weighted by Gasteiger charge is 2.53. The quantitative estimate of drug-likeness (QED) is 0.854. The zero-order chi connectivity index (χ0) is 18.2. The van der Waals surface area contributed by atoms with Gasteiger partial charge < -0.3 is 10.0 Å². The first-order valence-electron chi connectivity index (χ1n) is 8.09. The van der Waals surface area contributed by atoms with Crippen LogP contribution < -0.4 is 4.90 Å². The van der Waals surface area contributed by atoms with Crippen molar-refractivity contribution in [3.05, 3.63) is 29.8 Å². The van der Waals surface area contributed by atoms with Crippen LogP contribution in [-0.4, -0.2) is 42.2 Å². The van der Waals surface area contributed by atoms with Crippen LogP contribution in [0.5, 0.6) is 0 Å². The van der Waals surface area contributed by atoms with Crippen molar-refractivity contribution in [2.45, 2.75) is 38.7 Å². The Hall–Kier alpha value is -2.01. The van der Waals surface area contributed by atoms with E-state index in [1.54, 1.807) is 0 Å². The van der Waals surface area contributed by atoms with E-state index < -0.39 is 23.4 Å². The average Bonchev–Trinajstić information content (AvgIpc) is 2.44. The molecule has 1 fully saturated rings. The van der Waals surface area contributed by atoms with Crippen molar-refractivity contribution in [2.75, 3.05) is 19.0 Å². The van der Waals surface area contributed by atoms with Crippen LogP contribution in [0.2, 0.25) is 0 Å². The molecule has 1 aliphatic rings. The Morgan fingerprint density at radius 3 is 2.08 bits per heavy atom. The largest absolute Gasteiger partial charge is 0.389 e. The molecule has 0 heterocycles. The van der Waals surface area contributed by atoms with Crippen molar-refractivity contribution < 1.29 is 19.5 Å². The molecule has 1 N–H and O–H groups in total. The lowest BCUT2D eigenvalue weighted by Gasteiger charge is -2.44. The highest BCUT2D eigenvalue weighted by molar-refractivity contribution is 6.05. The third kappa shape index (κ3) is 3.26. The summed E-state index contributed by atoms with van der Waals surface area (Å²) in [6.45, 7) is 4.29. The number of nitrogens with zero attached hydrogens (tertiary/aromatic N) is 1. The van der Waals surface area contributed by atoms with Crippen LogP contribution in [0, 0.1) is 11.8 Å². The minimum atomic E-state index is -1.44. The summed E-state index contributed by atoms with van der Waals surface area (Å²) in [5.74, 6) is -3.07. The van der Waals surface area contributed by atoms with Gasteiger partial charge in [0.05, 0.1) is 17.4 Å². The normalized spacial score (nSPS) is 30.1. The smallest absolute Gasteiger partial charge is 0.146 e. The molecule has 0 aromatic heterocycles. The molecule has 0 bridgehead atoms. The highest BCUT2D eigenvalue weighted by Crippen LogP contribution is 2.46. The van der Waals surface area contributed by atoms with Crippen molar-refractivity contribution in [2.24, 2.45) is 11.8 Å². The van der Waals surface area contributed by atoms with Crippen molar-refractivity contribution in [3.63, 3.8) is 0 Å². The number of benzene rings is 1. The van der Waals surface area contributed by atoms with Gasteiger partial charge in [0, 0.05) is 32.1 Å². The van der Waals surface area contributed by atoms with Crippen LogP contribution in [0.4, 0.5) is 5.69 Å². The van der Waals surface area contributed by atoms with E-state index in [1.807, 2.05) is 43.3 Å². The number of carbonyl (C=O) groups excluding carboxylic acids is 3. The fourth-order valence-corrected chi connectivity index (χ4v) is 3.90. The fraction of sp³-hybridized carbons (Fsp3) is 0.526. The van der Waals surface area contributed by atoms with E-state index in [4.69, 9.17) is 0 Å². The van der Waals surface area contributed by atoms with Gasteiger partial charge in [0.25, 0.3) is 0 Å². The standard InChI is InChI=1S/C19H25NO4/c1-11(21)16-15(23)10-19(3,24)18(12(2)22)17(16)13-6-8-14(9-7-13)20(4)5/h6-9,16-18,24H,10H2,1-5H3/t16-,17+,18-,19-/m0/s1. The Labute approximate surface area is 142 Å². The number of Topliss-reactive ketones (excluding diaryl/α,β-unsaturated/α-hetero) is 3. The fourth-order valence-electron chi connectivity index (χ4n) is 3.90. The molecule has 130 valence electrons. The third-order valence-corrected chi connectivity index (χ3v) is 4.94. The molecule has 0 aliphatic heterocycles. The lowest BCUT2D eigenvalue weighted by molar-refractivity contribution is -0.151. The first kappa shape index (κ1) is 18.3. The molecule has 24 heavy (non-hydrogen) atoms. The van der Waals surface area contributed by atoms with E-state index in [0.717, 1.165) is 11.3 Å². The van der Waals surface area contributed by atoms with Crippen LogP contribution in [0.3, 0.4) is 0 Å². The van der Waals surface area contributed by atoms with Gasteiger partial charge in [-0.05, 0) is 38.5 Å². The minimum absolute atomic E-state index is 0.173. The van der Waals surface area contributed by atoms with Gasteiger partial charge >= 0.3 is 0 Å². The summed E-state index contributed by atoms with van der Waals surface area (Å²) >= 11 is 0. The summed E-state index contributed by atoms with van der Waals surface area (Å²) in [7, 11) is 3.83. The first-order chi connectivity index (χ1) is 11.1. The van der Waals surface area contributed by atoms with Crippen LogP contribution in [-0.2, 0) is 14.4 Å². The molecule has 1 aromatic rings. The van der Waals surface area contributed by atoms with Crippen molar-refractivity contribution in [1.29, 1.82) is 0 Å². The second kappa shape index (κ2) is 6.48. The molecular weight excluding hydrogens is 306 g/mol. The first-order valence-corrected chi connectivity index (χ1v) is 8.09. The summed E-state index contributed by atoms with van der Waals surface area (Å²) in [5, 5.41) is 10.7. The maximum Gasteiger partial charge on any atom is 0.146 e. The SMILES string of the molecule is CC(=O)[C@H]1C(=O)C[C@](C)(O)[C@@H](C(C)=O)[C@@H]1c1ccc(N(C)C)cc1. The van der Waals surface area contributed by atoms with Crippen molar-refractivity contribution in [3.8, 4) is 0 Å². The molecule has 2 rings (SSSR count).